The zero-order valence-electron chi connectivity index (χ0n) is 11.7. The predicted molar refractivity (Wildman–Crippen MR) is 73.3 cm³/mol. The molecule has 1 saturated carbocycles. The lowest BCUT2D eigenvalue weighted by molar-refractivity contribution is -0.141. The normalized spacial score (nSPS) is 20.3. The molecule has 1 aliphatic rings. The molecule has 1 amide bonds. The second-order valence-corrected chi connectivity index (χ2v) is 5.02. The topological polar surface area (TPSA) is 66.8 Å². The summed E-state index contributed by atoms with van der Waals surface area (Å²) in [6, 6.07) is 7.57. The SMILES string of the molecule is CCOc1ccccc1CN(C)C(=O)C1CC1C(=O)O. The Balaban J connectivity index is 2.00. The highest BCUT2D eigenvalue weighted by molar-refractivity contribution is 5.89. The number of carbonyl (C=O) groups excluding carboxylic acids is 1. The van der Waals surface area contributed by atoms with Crippen molar-refractivity contribution >= 4 is 11.9 Å². The van der Waals surface area contributed by atoms with Crippen molar-refractivity contribution < 1.29 is 19.4 Å². The van der Waals surface area contributed by atoms with Gasteiger partial charge >= 0.3 is 5.97 Å². The van der Waals surface area contributed by atoms with Crippen LogP contribution < -0.4 is 4.74 Å². The minimum atomic E-state index is -0.883. The first-order chi connectivity index (χ1) is 9.54. The van der Waals surface area contributed by atoms with E-state index in [0.29, 0.717) is 19.6 Å². The molecular weight excluding hydrogens is 258 g/mol. The van der Waals surface area contributed by atoms with Gasteiger partial charge in [-0.1, -0.05) is 18.2 Å². The number of benzene rings is 1. The van der Waals surface area contributed by atoms with Gasteiger partial charge in [-0.05, 0) is 19.4 Å². The number of para-hydroxylation sites is 1. The lowest BCUT2D eigenvalue weighted by atomic mass is 10.2. The minimum Gasteiger partial charge on any atom is -0.494 e. The van der Waals surface area contributed by atoms with Crippen LogP contribution in [0.25, 0.3) is 0 Å². The van der Waals surface area contributed by atoms with Crippen molar-refractivity contribution in [3.8, 4) is 5.75 Å². The summed E-state index contributed by atoms with van der Waals surface area (Å²) in [5.41, 5.74) is 0.928. The molecule has 2 unspecified atom stereocenters. The highest BCUT2D eigenvalue weighted by Crippen LogP contribution is 2.40. The molecule has 0 heterocycles. The number of carboxylic acids is 1. The Morgan fingerprint density at radius 1 is 1.35 bits per heavy atom. The van der Waals surface area contributed by atoms with Gasteiger partial charge < -0.3 is 14.7 Å². The van der Waals surface area contributed by atoms with Crippen LogP contribution in [0, 0.1) is 11.8 Å². The third-order valence-electron chi connectivity index (χ3n) is 3.48. The molecule has 2 rings (SSSR count). The third-order valence-corrected chi connectivity index (χ3v) is 3.48. The van der Waals surface area contributed by atoms with Crippen molar-refractivity contribution in [1.82, 2.24) is 4.90 Å². The summed E-state index contributed by atoms with van der Waals surface area (Å²) >= 11 is 0. The van der Waals surface area contributed by atoms with Gasteiger partial charge in [0.2, 0.25) is 5.91 Å². The molecule has 2 atom stereocenters. The van der Waals surface area contributed by atoms with Crippen LogP contribution in [0.15, 0.2) is 24.3 Å². The van der Waals surface area contributed by atoms with Crippen LogP contribution in [0.1, 0.15) is 18.9 Å². The number of carbonyl (C=O) groups is 2. The lowest BCUT2D eigenvalue weighted by Gasteiger charge is -2.19. The van der Waals surface area contributed by atoms with Crippen molar-refractivity contribution in [1.29, 1.82) is 0 Å². The predicted octanol–water partition coefficient (Wildman–Crippen LogP) is 1.76. The molecular formula is C15H19NO4. The van der Waals surface area contributed by atoms with Crippen LogP contribution in [0.2, 0.25) is 0 Å². The summed E-state index contributed by atoms with van der Waals surface area (Å²) in [7, 11) is 1.70. The van der Waals surface area contributed by atoms with Crippen LogP contribution in [-0.4, -0.2) is 35.5 Å². The van der Waals surface area contributed by atoms with Gasteiger partial charge in [0, 0.05) is 19.2 Å². The van der Waals surface area contributed by atoms with E-state index in [1.54, 1.807) is 11.9 Å². The summed E-state index contributed by atoms with van der Waals surface area (Å²) in [5, 5.41) is 8.87. The highest BCUT2D eigenvalue weighted by atomic mass is 16.5. The summed E-state index contributed by atoms with van der Waals surface area (Å²) in [5.74, 6) is -1.10. The smallest absolute Gasteiger partial charge is 0.307 e. The second kappa shape index (κ2) is 5.94. The van der Waals surface area contributed by atoms with E-state index in [1.165, 1.54) is 0 Å². The molecule has 1 fully saturated rings. The highest BCUT2D eigenvalue weighted by Gasteiger charge is 2.49. The van der Waals surface area contributed by atoms with E-state index in [9.17, 15) is 9.59 Å². The van der Waals surface area contributed by atoms with Crippen molar-refractivity contribution in [2.75, 3.05) is 13.7 Å². The van der Waals surface area contributed by atoms with Crippen molar-refractivity contribution in [2.24, 2.45) is 11.8 Å². The van der Waals surface area contributed by atoms with E-state index in [4.69, 9.17) is 9.84 Å². The van der Waals surface area contributed by atoms with Gasteiger partial charge in [-0.3, -0.25) is 9.59 Å². The third kappa shape index (κ3) is 3.10. The van der Waals surface area contributed by atoms with E-state index >= 15 is 0 Å². The molecule has 5 heteroatoms. The Labute approximate surface area is 118 Å². The number of amides is 1. The minimum absolute atomic E-state index is 0.108. The number of aliphatic carboxylic acids is 1. The summed E-state index contributed by atoms with van der Waals surface area (Å²) < 4.78 is 5.52. The van der Waals surface area contributed by atoms with Crippen LogP contribution in [0.4, 0.5) is 0 Å². The Hall–Kier alpha value is -2.04. The molecule has 108 valence electrons. The first-order valence-corrected chi connectivity index (χ1v) is 6.73. The summed E-state index contributed by atoms with van der Waals surface area (Å²) in [6.07, 6.45) is 0.450. The van der Waals surface area contributed by atoms with Crippen LogP contribution in [0.3, 0.4) is 0 Å². The Morgan fingerprint density at radius 2 is 2.05 bits per heavy atom. The molecule has 0 aromatic heterocycles. The average molecular weight is 277 g/mol. The number of hydrogen-bond acceptors (Lipinski definition) is 3. The van der Waals surface area contributed by atoms with Gasteiger partial charge in [0.25, 0.3) is 0 Å². The largest absolute Gasteiger partial charge is 0.494 e. The Morgan fingerprint density at radius 3 is 2.65 bits per heavy atom. The first kappa shape index (κ1) is 14.4. The van der Waals surface area contributed by atoms with E-state index in [0.717, 1.165) is 11.3 Å². The molecule has 5 nitrogen and oxygen atoms in total. The Bertz CT molecular complexity index is 514. The molecule has 1 N–H and O–H groups in total. The molecule has 0 saturated heterocycles. The average Bonchev–Trinajstić information content (AvgIpc) is 3.20. The lowest BCUT2D eigenvalue weighted by Crippen LogP contribution is -2.29. The maximum atomic E-state index is 12.1. The number of nitrogens with zero attached hydrogens (tertiary/aromatic N) is 1. The molecule has 1 aliphatic carbocycles. The van der Waals surface area contributed by atoms with Crippen molar-refractivity contribution in [3.05, 3.63) is 29.8 Å². The maximum absolute atomic E-state index is 12.1. The number of ether oxygens (including phenoxy) is 1. The van der Waals surface area contributed by atoms with Crippen molar-refractivity contribution in [3.63, 3.8) is 0 Å². The Kier molecular flexibility index (Phi) is 4.27. The maximum Gasteiger partial charge on any atom is 0.307 e. The van der Waals surface area contributed by atoms with Crippen molar-refractivity contribution in [2.45, 2.75) is 19.9 Å². The van der Waals surface area contributed by atoms with Gasteiger partial charge in [-0.15, -0.1) is 0 Å². The summed E-state index contributed by atoms with van der Waals surface area (Å²) in [4.78, 5) is 24.5. The molecule has 20 heavy (non-hydrogen) atoms. The van der Waals surface area contributed by atoms with E-state index in [1.807, 2.05) is 31.2 Å². The standard InChI is InChI=1S/C15H19NO4/c1-3-20-13-7-5-4-6-10(13)9-16(2)14(17)11-8-12(11)15(18)19/h4-7,11-12H,3,8-9H2,1-2H3,(H,18,19). The molecule has 1 aromatic carbocycles. The van der Waals surface area contributed by atoms with Gasteiger partial charge in [0.1, 0.15) is 5.75 Å². The fourth-order valence-electron chi connectivity index (χ4n) is 2.29. The van der Waals surface area contributed by atoms with Crippen LogP contribution >= 0.6 is 0 Å². The fraction of sp³-hybridized carbons (Fsp3) is 0.467. The van der Waals surface area contributed by atoms with Gasteiger partial charge in [-0.2, -0.15) is 0 Å². The van der Waals surface area contributed by atoms with Crippen LogP contribution in [-0.2, 0) is 16.1 Å². The molecule has 0 radical (unpaired) electrons. The van der Waals surface area contributed by atoms with Gasteiger partial charge in [0.05, 0.1) is 18.4 Å². The second-order valence-electron chi connectivity index (χ2n) is 5.02. The van der Waals surface area contributed by atoms with Crippen LogP contribution in [0.5, 0.6) is 5.75 Å². The molecule has 0 bridgehead atoms. The van der Waals surface area contributed by atoms with E-state index < -0.39 is 11.9 Å². The first-order valence-electron chi connectivity index (χ1n) is 6.73. The van der Waals surface area contributed by atoms with Gasteiger partial charge in [0.15, 0.2) is 0 Å². The number of rotatable bonds is 6. The quantitative estimate of drug-likeness (QED) is 0.860. The summed E-state index contributed by atoms with van der Waals surface area (Å²) in [6.45, 7) is 2.91. The molecule has 0 spiro atoms. The fourth-order valence-corrected chi connectivity index (χ4v) is 2.29. The number of hydrogen-bond donors (Lipinski definition) is 1. The zero-order chi connectivity index (χ0) is 14.7. The molecule has 0 aliphatic heterocycles. The number of carboxylic acid groups (broad SMARTS) is 1. The zero-order valence-corrected chi connectivity index (χ0v) is 11.7. The van der Waals surface area contributed by atoms with E-state index in [2.05, 4.69) is 0 Å². The molecule has 1 aromatic rings. The van der Waals surface area contributed by atoms with Gasteiger partial charge in [-0.25, -0.2) is 0 Å². The van der Waals surface area contributed by atoms with E-state index in [-0.39, 0.29) is 11.8 Å². The monoisotopic (exact) mass is 277 g/mol.